The van der Waals surface area contributed by atoms with Crippen molar-refractivity contribution in [1.29, 1.82) is 0 Å². The largest absolute Gasteiger partial charge is 0.261 e. The first-order chi connectivity index (χ1) is 5.79. The molecule has 0 saturated carbocycles. The van der Waals surface area contributed by atoms with Gasteiger partial charge in [-0.25, -0.2) is 0 Å². The Hall–Kier alpha value is -0.540. The van der Waals surface area contributed by atoms with Crippen molar-refractivity contribution in [3.63, 3.8) is 0 Å². The third-order valence-corrected chi connectivity index (χ3v) is 2.34. The Bertz CT molecular complexity index is 211. The lowest BCUT2D eigenvalue weighted by molar-refractivity contribution is 0.770. The fourth-order valence-corrected chi connectivity index (χ4v) is 1.50. The van der Waals surface area contributed by atoms with Gasteiger partial charge < -0.3 is 0 Å². The fourth-order valence-electron chi connectivity index (χ4n) is 0.766. The van der Waals surface area contributed by atoms with Crippen molar-refractivity contribution >= 4 is 11.9 Å². The number of nitrogens with one attached hydrogen (secondary N) is 1. The highest BCUT2D eigenvalue weighted by Crippen LogP contribution is 2.05. The predicted molar refractivity (Wildman–Crippen MR) is 53.8 cm³/mol. The minimum absolute atomic E-state index is 0.527. The maximum Gasteiger partial charge on any atom is 0.0515 e. The smallest absolute Gasteiger partial charge is 0.0515 e. The highest BCUT2D eigenvalue weighted by Gasteiger charge is 1.94. The molecule has 0 saturated heterocycles. The van der Waals surface area contributed by atoms with Crippen LogP contribution in [0.25, 0.3) is 0 Å². The van der Waals surface area contributed by atoms with E-state index in [0.717, 1.165) is 11.4 Å². The molecule has 0 atom stereocenters. The van der Waals surface area contributed by atoms with Crippen LogP contribution >= 0.6 is 11.9 Å². The van der Waals surface area contributed by atoms with Gasteiger partial charge in [0, 0.05) is 12.2 Å². The van der Waals surface area contributed by atoms with Crippen molar-refractivity contribution in [1.82, 2.24) is 9.71 Å². The molecule has 1 rings (SSSR count). The molecule has 0 radical (unpaired) electrons. The van der Waals surface area contributed by atoms with E-state index < -0.39 is 0 Å². The van der Waals surface area contributed by atoms with Crippen molar-refractivity contribution < 1.29 is 0 Å². The van der Waals surface area contributed by atoms with Gasteiger partial charge in [0.15, 0.2) is 0 Å². The van der Waals surface area contributed by atoms with E-state index in [1.54, 1.807) is 11.9 Å². The van der Waals surface area contributed by atoms with Crippen LogP contribution in [0, 0.1) is 0 Å². The minimum atomic E-state index is 0.527. The van der Waals surface area contributed by atoms with Crippen molar-refractivity contribution in [2.75, 3.05) is 0 Å². The van der Waals surface area contributed by atoms with Gasteiger partial charge in [-0.3, -0.25) is 9.71 Å². The number of aromatic nitrogens is 1. The van der Waals surface area contributed by atoms with Crippen LogP contribution in [0.4, 0.5) is 0 Å². The maximum atomic E-state index is 4.21. The number of hydrogen-bond acceptors (Lipinski definition) is 3. The molecule has 0 amide bonds. The van der Waals surface area contributed by atoms with Crippen molar-refractivity contribution in [3.8, 4) is 0 Å². The highest BCUT2D eigenvalue weighted by molar-refractivity contribution is 7.96. The number of rotatable bonds is 4. The molecule has 0 aliphatic rings. The highest BCUT2D eigenvalue weighted by atomic mass is 32.2. The molecule has 1 aromatic rings. The normalized spacial score (nSPS) is 10.6. The molecule has 0 spiro atoms. The summed E-state index contributed by atoms with van der Waals surface area (Å²) < 4.78 is 3.27. The summed E-state index contributed by atoms with van der Waals surface area (Å²) in [5, 5.41) is 0. The average molecular weight is 182 g/mol. The summed E-state index contributed by atoms with van der Waals surface area (Å²) in [7, 11) is 0. The van der Waals surface area contributed by atoms with E-state index in [9.17, 15) is 0 Å². The Morgan fingerprint density at radius 2 is 2.33 bits per heavy atom. The van der Waals surface area contributed by atoms with Crippen LogP contribution < -0.4 is 4.72 Å². The van der Waals surface area contributed by atoms with Crippen LogP contribution in [0.3, 0.4) is 0 Å². The van der Waals surface area contributed by atoms with E-state index >= 15 is 0 Å². The first-order valence-electron chi connectivity index (χ1n) is 4.06. The molecule has 3 heteroatoms. The summed E-state index contributed by atoms with van der Waals surface area (Å²) in [6.07, 6.45) is 1.82. The van der Waals surface area contributed by atoms with Crippen molar-refractivity contribution in [2.45, 2.75) is 25.6 Å². The number of pyridine rings is 1. The summed E-state index contributed by atoms with van der Waals surface area (Å²) >= 11 is 1.70. The second-order valence-corrected chi connectivity index (χ2v) is 3.70. The molecule has 12 heavy (non-hydrogen) atoms. The van der Waals surface area contributed by atoms with E-state index in [-0.39, 0.29) is 0 Å². The van der Waals surface area contributed by atoms with E-state index in [2.05, 4.69) is 23.6 Å². The van der Waals surface area contributed by atoms with Gasteiger partial charge in [0.05, 0.1) is 11.4 Å². The summed E-state index contributed by atoms with van der Waals surface area (Å²) in [5.41, 5.74) is 1.12. The average Bonchev–Trinajstić information content (AvgIpc) is 2.05. The Kier molecular flexibility index (Phi) is 4.11. The molecule has 0 fully saturated rings. The van der Waals surface area contributed by atoms with Crippen LogP contribution in [0.15, 0.2) is 24.4 Å². The van der Waals surface area contributed by atoms with Gasteiger partial charge in [-0.1, -0.05) is 18.0 Å². The van der Waals surface area contributed by atoms with E-state index in [1.807, 2.05) is 24.4 Å². The molecule has 0 bridgehead atoms. The molecular weight excluding hydrogens is 168 g/mol. The predicted octanol–water partition coefficient (Wildman–Crippen LogP) is 2.23. The van der Waals surface area contributed by atoms with Crippen LogP contribution in [0.5, 0.6) is 0 Å². The summed E-state index contributed by atoms with van der Waals surface area (Å²) in [6, 6.07) is 6.51. The molecule has 0 aliphatic carbocycles. The topological polar surface area (TPSA) is 24.9 Å². The molecule has 0 aliphatic heterocycles. The van der Waals surface area contributed by atoms with E-state index in [1.165, 1.54) is 0 Å². The first kappa shape index (κ1) is 9.55. The van der Waals surface area contributed by atoms with Crippen molar-refractivity contribution in [2.24, 2.45) is 0 Å². The second kappa shape index (κ2) is 5.17. The lowest BCUT2D eigenvalue weighted by atomic mass is 10.4. The van der Waals surface area contributed by atoms with Gasteiger partial charge in [0.25, 0.3) is 0 Å². The van der Waals surface area contributed by atoms with Gasteiger partial charge in [-0.2, -0.15) is 0 Å². The SMILES string of the molecule is CC(C)NSCc1ccccn1. The lowest BCUT2D eigenvalue weighted by Crippen LogP contribution is -2.14. The molecular formula is C9H14N2S. The van der Waals surface area contributed by atoms with Crippen LogP contribution in [-0.4, -0.2) is 11.0 Å². The quantitative estimate of drug-likeness (QED) is 0.723. The summed E-state index contributed by atoms with van der Waals surface area (Å²) in [6.45, 7) is 4.26. The minimum Gasteiger partial charge on any atom is -0.261 e. The molecule has 2 nitrogen and oxygen atoms in total. The Labute approximate surface area is 77.9 Å². The molecule has 66 valence electrons. The molecule has 0 unspecified atom stereocenters. The van der Waals surface area contributed by atoms with Crippen molar-refractivity contribution in [3.05, 3.63) is 30.1 Å². The zero-order valence-electron chi connectivity index (χ0n) is 7.45. The number of nitrogens with zero attached hydrogens (tertiary/aromatic N) is 1. The Morgan fingerprint density at radius 1 is 1.50 bits per heavy atom. The second-order valence-electron chi connectivity index (χ2n) is 2.88. The van der Waals surface area contributed by atoms with Crippen LogP contribution in [0.2, 0.25) is 0 Å². The van der Waals surface area contributed by atoms with Gasteiger partial charge in [0.1, 0.15) is 0 Å². The molecule has 0 aromatic carbocycles. The first-order valence-corrected chi connectivity index (χ1v) is 5.05. The third-order valence-electron chi connectivity index (χ3n) is 1.27. The summed E-state index contributed by atoms with van der Waals surface area (Å²) in [5.74, 6) is 0.930. The third kappa shape index (κ3) is 3.74. The van der Waals surface area contributed by atoms with Gasteiger partial charge in [0.2, 0.25) is 0 Å². The number of hydrogen-bond donors (Lipinski definition) is 1. The molecule has 1 aromatic heterocycles. The zero-order chi connectivity index (χ0) is 8.81. The van der Waals surface area contributed by atoms with E-state index in [4.69, 9.17) is 0 Å². The van der Waals surface area contributed by atoms with Crippen LogP contribution in [0.1, 0.15) is 19.5 Å². The van der Waals surface area contributed by atoms with E-state index in [0.29, 0.717) is 6.04 Å². The molecule has 1 heterocycles. The fraction of sp³-hybridized carbons (Fsp3) is 0.444. The standard InChI is InChI=1S/C9H14N2S/c1-8(2)11-12-7-9-5-3-4-6-10-9/h3-6,8,11H,7H2,1-2H3. The van der Waals surface area contributed by atoms with Gasteiger partial charge in [-0.15, -0.1) is 0 Å². The Morgan fingerprint density at radius 3 is 2.92 bits per heavy atom. The maximum absolute atomic E-state index is 4.21. The van der Waals surface area contributed by atoms with Gasteiger partial charge in [-0.05, 0) is 26.0 Å². The van der Waals surface area contributed by atoms with Crippen LogP contribution in [-0.2, 0) is 5.75 Å². The zero-order valence-corrected chi connectivity index (χ0v) is 8.27. The summed E-state index contributed by atoms with van der Waals surface area (Å²) in [4.78, 5) is 4.21. The molecule has 1 N–H and O–H groups in total. The van der Waals surface area contributed by atoms with Gasteiger partial charge >= 0.3 is 0 Å². The monoisotopic (exact) mass is 182 g/mol. The Balaban J connectivity index is 2.25. The lowest BCUT2D eigenvalue weighted by Gasteiger charge is -2.05.